The van der Waals surface area contributed by atoms with Gasteiger partial charge in [-0.15, -0.1) is 11.8 Å². The predicted octanol–water partition coefficient (Wildman–Crippen LogP) is 5.58. The summed E-state index contributed by atoms with van der Waals surface area (Å²) in [4.78, 5) is 28.4. The number of thioether (sulfide) groups is 1. The van der Waals surface area contributed by atoms with Crippen LogP contribution in [0.3, 0.4) is 0 Å². The van der Waals surface area contributed by atoms with E-state index in [2.05, 4.69) is 19.1 Å². The predicted molar refractivity (Wildman–Crippen MR) is 118 cm³/mol. The summed E-state index contributed by atoms with van der Waals surface area (Å²) in [6.07, 6.45) is 9.42. The monoisotopic (exact) mass is 430 g/mol. The van der Waals surface area contributed by atoms with Crippen LogP contribution in [0.1, 0.15) is 71.1 Å². The Morgan fingerprint density at radius 2 is 1.73 bits per heavy atom. The summed E-state index contributed by atoms with van der Waals surface area (Å²) in [6.45, 7) is 2.11. The Balaban J connectivity index is 1.72. The first-order chi connectivity index (χ1) is 14.5. The zero-order valence-electron chi connectivity index (χ0n) is 18.2. The molecule has 3 fully saturated rings. The van der Waals surface area contributed by atoms with Crippen molar-refractivity contribution < 1.29 is 19.1 Å². The smallest absolute Gasteiger partial charge is 0.322 e. The zero-order valence-corrected chi connectivity index (χ0v) is 19.0. The van der Waals surface area contributed by atoms with Gasteiger partial charge in [0.1, 0.15) is 0 Å². The largest absolute Gasteiger partial charge is 0.468 e. The number of esters is 1. The number of hydrogen-bond donors (Lipinski definition) is 0. The van der Waals surface area contributed by atoms with Crippen LogP contribution in [0.5, 0.6) is 0 Å². The molecule has 5 heteroatoms. The van der Waals surface area contributed by atoms with Gasteiger partial charge >= 0.3 is 5.97 Å². The highest BCUT2D eigenvalue weighted by atomic mass is 32.2. The van der Waals surface area contributed by atoms with Crippen molar-refractivity contribution in [3.63, 3.8) is 0 Å². The van der Waals surface area contributed by atoms with Gasteiger partial charge in [0.25, 0.3) is 0 Å². The van der Waals surface area contributed by atoms with Gasteiger partial charge in [0.15, 0.2) is 11.2 Å². The second kappa shape index (κ2) is 9.04. The zero-order chi connectivity index (χ0) is 21.2. The summed E-state index contributed by atoms with van der Waals surface area (Å²) in [6, 6.07) is 10.3. The Bertz CT molecular complexity index is 766. The molecule has 30 heavy (non-hydrogen) atoms. The van der Waals surface area contributed by atoms with Gasteiger partial charge in [-0.2, -0.15) is 0 Å². The molecule has 1 aromatic rings. The molecular weight excluding hydrogens is 396 g/mol. The van der Waals surface area contributed by atoms with Crippen LogP contribution in [0.15, 0.2) is 35.2 Å². The highest BCUT2D eigenvalue weighted by Crippen LogP contribution is 2.58. The third kappa shape index (κ3) is 3.73. The third-order valence-corrected chi connectivity index (χ3v) is 9.09. The topological polar surface area (TPSA) is 52.6 Å². The molecule has 1 aliphatic carbocycles. The molecule has 0 unspecified atom stereocenters. The molecule has 0 aromatic heterocycles. The molecule has 2 heterocycles. The van der Waals surface area contributed by atoms with Crippen LogP contribution in [0.25, 0.3) is 0 Å². The average molecular weight is 431 g/mol. The highest BCUT2D eigenvalue weighted by molar-refractivity contribution is 8.00. The molecule has 0 N–H and O–H groups in total. The first-order valence-corrected chi connectivity index (χ1v) is 12.4. The number of fused-ring (bicyclic) bond motifs is 6. The summed E-state index contributed by atoms with van der Waals surface area (Å²) in [7, 11) is 1.41. The molecule has 1 aromatic carbocycles. The molecule has 2 aliphatic heterocycles. The molecule has 5 atom stereocenters. The summed E-state index contributed by atoms with van der Waals surface area (Å²) >= 11 is 1.80. The second-order valence-electron chi connectivity index (χ2n) is 9.34. The molecule has 0 amide bonds. The molecule has 1 saturated carbocycles. The van der Waals surface area contributed by atoms with Crippen LogP contribution in [-0.2, 0) is 19.1 Å². The van der Waals surface area contributed by atoms with E-state index in [1.165, 1.54) is 31.3 Å². The lowest BCUT2D eigenvalue weighted by Gasteiger charge is -2.47. The number of benzene rings is 1. The number of methoxy groups -OCH3 is 1. The third-order valence-electron chi connectivity index (χ3n) is 7.60. The Morgan fingerprint density at radius 3 is 2.43 bits per heavy atom. The second-order valence-corrected chi connectivity index (χ2v) is 10.6. The number of Topliss-reactive ketones (excluding diaryl/α,β-unsaturated/α-hetero) is 1. The van der Waals surface area contributed by atoms with E-state index in [0.717, 1.165) is 32.1 Å². The first-order valence-electron chi connectivity index (χ1n) is 11.5. The van der Waals surface area contributed by atoms with E-state index in [4.69, 9.17) is 9.47 Å². The van der Waals surface area contributed by atoms with Crippen LogP contribution in [0, 0.1) is 11.3 Å². The summed E-state index contributed by atoms with van der Waals surface area (Å²) in [5.41, 5.74) is -1.67. The maximum atomic E-state index is 14.0. The molecule has 4 rings (SSSR count). The minimum Gasteiger partial charge on any atom is -0.468 e. The number of carbonyl (C=O) groups is 2. The molecule has 164 valence electrons. The lowest BCUT2D eigenvalue weighted by molar-refractivity contribution is -0.197. The molecular formula is C25H34O4S. The van der Waals surface area contributed by atoms with Crippen molar-refractivity contribution in [2.75, 3.05) is 7.11 Å². The van der Waals surface area contributed by atoms with Gasteiger partial charge in [-0.25, -0.2) is 0 Å². The highest BCUT2D eigenvalue weighted by Gasteiger charge is 2.69. The Labute approximate surface area is 184 Å². The molecule has 0 spiro atoms. The maximum Gasteiger partial charge on any atom is 0.322 e. The van der Waals surface area contributed by atoms with Crippen molar-refractivity contribution in [1.82, 2.24) is 0 Å². The molecule has 3 aliphatic rings. The van der Waals surface area contributed by atoms with E-state index in [0.29, 0.717) is 12.8 Å². The molecule has 2 saturated heterocycles. The van der Waals surface area contributed by atoms with Crippen molar-refractivity contribution in [2.24, 2.45) is 11.3 Å². The number of ketones is 1. The van der Waals surface area contributed by atoms with Gasteiger partial charge in [-0.1, -0.05) is 63.1 Å². The van der Waals surface area contributed by atoms with E-state index in [-0.39, 0.29) is 29.0 Å². The Morgan fingerprint density at radius 1 is 1.07 bits per heavy atom. The Kier molecular flexibility index (Phi) is 6.59. The number of ether oxygens (including phenoxy) is 2. The fourth-order valence-electron chi connectivity index (χ4n) is 5.88. The van der Waals surface area contributed by atoms with E-state index >= 15 is 0 Å². The van der Waals surface area contributed by atoms with E-state index in [1.807, 2.05) is 18.2 Å². The lowest BCUT2D eigenvalue weighted by Crippen LogP contribution is -2.61. The van der Waals surface area contributed by atoms with Crippen LogP contribution in [0.2, 0.25) is 0 Å². The summed E-state index contributed by atoms with van der Waals surface area (Å²) < 4.78 is 11.9. The minimum atomic E-state index is -1.13. The van der Waals surface area contributed by atoms with Crippen LogP contribution in [-0.4, -0.2) is 35.8 Å². The van der Waals surface area contributed by atoms with Crippen molar-refractivity contribution in [2.45, 2.75) is 93.0 Å². The normalized spacial score (nSPS) is 37.1. The van der Waals surface area contributed by atoms with Crippen LogP contribution >= 0.6 is 11.8 Å². The minimum absolute atomic E-state index is 0.0878. The molecule has 0 radical (unpaired) electrons. The van der Waals surface area contributed by atoms with Crippen molar-refractivity contribution in [3.05, 3.63) is 30.3 Å². The average Bonchev–Trinajstić information content (AvgIpc) is 3.05. The van der Waals surface area contributed by atoms with Gasteiger partial charge in [0.05, 0.1) is 18.8 Å². The quantitative estimate of drug-likeness (QED) is 0.463. The molecule has 4 bridgehead atoms. The SMILES string of the molecule is COC(=O)[C@]12CCCCCCCCC[C@@H](C1=O)[C@@]1(C)O[C@@H]2C[C@@H]1Sc1ccccc1. The summed E-state index contributed by atoms with van der Waals surface area (Å²) in [5.74, 6) is -0.548. The van der Waals surface area contributed by atoms with Crippen LogP contribution in [0.4, 0.5) is 0 Å². The van der Waals surface area contributed by atoms with Crippen molar-refractivity contribution >= 4 is 23.5 Å². The van der Waals surface area contributed by atoms with Crippen LogP contribution < -0.4 is 0 Å². The summed E-state index contributed by atoms with van der Waals surface area (Å²) in [5, 5.41) is 0.149. The van der Waals surface area contributed by atoms with Crippen molar-refractivity contribution in [1.29, 1.82) is 0 Å². The van der Waals surface area contributed by atoms with E-state index in [1.54, 1.807) is 11.8 Å². The number of carbonyl (C=O) groups excluding carboxylic acids is 2. The fraction of sp³-hybridized carbons (Fsp3) is 0.680. The van der Waals surface area contributed by atoms with E-state index in [9.17, 15) is 9.59 Å². The lowest BCUT2D eigenvalue weighted by atomic mass is 9.65. The molecule has 4 nitrogen and oxygen atoms in total. The van der Waals surface area contributed by atoms with Gasteiger partial charge in [0.2, 0.25) is 0 Å². The van der Waals surface area contributed by atoms with Crippen molar-refractivity contribution in [3.8, 4) is 0 Å². The first kappa shape index (κ1) is 21.9. The maximum absolute atomic E-state index is 14.0. The fourth-order valence-corrected chi connectivity index (χ4v) is 7.25. The van der Waals surface area contributed by atoms with Gasteiger partial charge in [-0.3, -0.25) is 9.59 Å². The van der Waals surface area contributed by atoms with Gasteiger partial charge < -0.3 is 9.47 Å². The van der Waals surface area contributed by atoms with Gasteiger partial charge in [0, 0.05) is 16.1 Å². The van der Waals surface area contributed by atoms with Gasteiger partial charge in [-0.05, 0) is 38.3 Å². The van der Waals surface area contributed by atoms with E-state index < -0.39 is 11.0 Å². The standard InChI is InChI=1S/C25H34O4S/c1-24-19-15-11-6-4-3-5-7-12-16-25(22(19)26,23(27)28-2)20(29-24)17-21(24)30-18-13-9-8-10-14-18/h8-10,13-14,19-21H,3-7,11-12,15-17H2,1-2H3/t19-,20+,21-,24+,25-/m0/s1. The number of rotatable bonds is 3. The Hall–Kier alpha value is -1.33. The number of hydrogen-bond acceptors (Lipinski definition) is 5.